The maximum atomic E-state index is 5.99. The third-order valence-electron chi connectivity index (χ3n) is 3.03. The number of hydrogen-bond donors (Lipinski definition) is 1. The largest absolute Gasteiger partial charge is 0.373 e. The SMILES string of the molecule is CNc1nc(CSc2cccc(Cl)c2)nc2c1CSC2. The van der Waals surface area contributed by atoms with Crippen LogP contribution >= 0.6 is 35.1 Å². The van der Waals surface area contributed by atoms with Gasteiger partial charge in [-0.3, -0.25) is 0 Å². The topological polar surface area (TPSA) is 37.8 Å². The maximum Gasteiger partial charge on any atom is 0.141 e. The van der Waals surface area contributed by atoms with Crippen molar-refractivity contribution < 1.29 is 0 Å². The van der Waals surface area contributed by atoms with Crippen molar-refractivity contribution in [3.8, 4) is 0 Å². The van der Waals surface area contributed by atoms with E-state index in [4.69, 9.17) is 11.6 Å². The van der Waals surface area contributed by atoms with Gasteiger partial charge in [-0.2, -0.15) is 11.8 Å². The van der Waals surface area contributed by atoms with Gasteiger partial charge < -0.3 is 5.32 Å². The van der Waals surface area contributed by atoms with Crippen molar-refractivity contribution >= 4 is 40.9 Å². The molecule has 20 heavy (non-hydrogen) atoms. The number of fused-ring (bicyclic) bond motifs is 1. The second kappa shape index (κ2) is 6.24. The fraction of sp³-hybridized carbons (Fsp3) is 0.286. The Balaban J connectivity index is 1.78. The minimum atomic E-state index is 0.757. The Bertz CT molecular complexity index is 634. The fourth-order valence-electron chi connectivity index (χ4n) is 2.08. The summed E-state index contributed by atoms with van der Waals surface area (Å²) in [4.78, 5) is 10.4. The van der Waals surface area contributed by atoms with Crippen LogP contribution in [-0.2, 0) is 17.3 Å². The average Bonchev–Trinajstić information content (AvgIpc) is 2.92. The van der Waals surface area contributed by atoms with Crippen LogP contribution in [0.3, 0.4) is 0 Å². The van der Waals surface area contributed by atoms with Crippen LogP contribution in [0.4, 0.5) is 5.82 Å². The van der Waals surface area contributed by atoms with E-state index in [2.05, 4.69) is 21.4 Å². The van der Waals surface area contributed by atoms with E-state index in [0.717, 1.165) is 38.8 Å². The number of anilines is 1. The third kappa shape index (κ3) is 3.05. The zero-order valence-electron chi connectivity index (χ0n) is 11.0. The molecule has 3 rings (SSSR count). The number of thioether (sulfide) groups is 2. The summed E-state index contributed by atoms with van der Waals surface area (Å²) in [5, 5.41) is 3.94. The first-order valence-electron chi connectivity index (χ1n) is 6.29. The second-order valence-electron chi connectivity index (χ2n) is 4.40. The van der Waals surface area contributed by atoms with Crippen molar-refractivity contribution in [1.82, 2.24) is 9.97 Å². The van der Waals surface area contributed by atoms with E-state index in [1.807, 2.05) is 37.0 Å². The molecule has 0 fully saturated rings. The molecular formula is C14H14ClN3S2. The number of hydrogen-bond acceptors (Lipinski definition) is 5. The molecule has 0 amide bonds. The lowest BCUT2D eigenvalue weighted by Gasteiger charge is -2.09. The smallest absolute Gasteiger partial charge is 0.141 e. The molecule has 6 heteroatoms. The molecule has 2 heterocycles. The summed E-state index contributed by atoms with van der Waals surface area (Å²) in [5.41, 5.74) is 2.44. The first-order chi connectivity index (χ1) is 9.76. The van der Waals surface area contributed by atoms with Crippen LogP contribution in [0.5, 0.6) is 0 Å². The highest BCUT2D eigenvalue weighted by atomic mass is 35.5. The Hall–Kier alpha value is -0.910. The quantitative estimate of drug-likeness (QED) is 0.853. The summed E-state index contributed by atoms with van der Waals surface area (Å²) >= 11 is 9.59. The Morgan fingerprint density at radius 1 is 1.35 bits per heavy atom. The lowest BCUT2D eigenvalue weighted by Crippen LogP contribution is -2.05. The summed E-state index contributed by atoms with van der Waals surface area (Å²) in [5.74, 6) is 4.60. The van der Waals surface area contributed by atoms with E-state index in [1.165, 1.54) is 11.3 Å². The van der Waals surface area contributed by atoms with E-state index < -0.39 is 0 Å². The van der Waals surface area contributed by atoms with E-state index in [0.29, 0.717) is 0 Å². The molecule has 1 aromatic carbocycles. The van der Waals surface area contributed by atoms with Crippen LogP contribution in [0.1, 0.15) is 17.1 Å². The number of rotatable bonds is 4. The third-order valence-corrected chi connectivity index (χ3v) is 5.22. The van der Waals surface area contributed by atoms with Gasteiger partial charge in [0.2, 0.25) is 0 Å². The number of nitrogens with zero attached hydrogens (tertiary/aromatic N) is 2. The summed E-state index contributed by atoms with van der Waals surface area (Å²) in [6.07, 6.45) is 0. The monoisotopic (exact) mass is 323 g/mol. The van der Waals surface area contributed by atoms with Gasteiger partial charge in [-0.25, -0.2) is 9.97 Å². The van der Waals surface area contributed by atoms with Crippen LogP contribution < -0.4 is 5.32 Å². The van der Waals surface area contributed by atoms with Gasteiger partial charge in [0.15, 0.2) is 0 Å². The molecule has 2 aromatic rings. The molecule has 104 valence electrons. The lowest BCUT2D eigenvalue weighted by molar-refractivity contribution is 0.975. The molecular weight excluding hydrogens is 310 g/mol. The predicted octanol–water partition coefficient (Wildman–Crippen LogP) is 4.21. The Morgan fingerprint density at radius 3 is 3.05 bits per heavy atom. The first-order valence-corrected chi connectivity index (χ1v) is 8.80. The highest BCUT2D eigenvalue weighted by Gasteiger charge is 2.19. The van der Waals surface area contributed by atoms with Gasteiger partial charge in [-0.1, -0.05) is 17.7 Å². The van der Waals surface area contributed by atoms with Gasteiger partial charge in [-0.15, -0.1) is 11.8 Å². The van der Waals surface area contributed by atoms with Crippen molar-refractivity contribution in [2.75, 3.05) is 12.4 Å². The second-order valence-corrected chi connectivity index (χ2v) is 6.87. The van der Waals surface area contributed by atoms with Gasteiger partial charge in [0.1, 0.15) is 11.6 Å². The standard InChI is InChI=1S/C14H14ClN3S2/c1-16-14-11-6-19-7-12(11)17-13(18-14)8-20-10-4-2-3-9(15)5-10/h2-5H,6-8H2,1H3,(H,16,17,18). The fourth-order valence-corrected chi connectivity index (χ4v) is 4.18. The molecule has 0 unspecified atom stereocenters. The molecule has 1 aromatic heterocycles. The summed E-state index contributed by atoms with van der Waals surface area (Å²) in [6, 6.07) is 7.87. The van der Waals surface area contributed by atoms with E-state index in [9.17, 15) is 0 Å². The number of halogens is 1. The molecule has 0 atom stereocenters. The van der Waals surface area contributed by atoms with Gasteiger partial charge in [0, 0.05) is 34.0 Å². The van der Waals surface area contributed by atoms with Crippen LogP contribution in [0.15, 0.2) is 29.2 Å². The molecule has 1 N–H and O–H groups in total. The molecule has 1 aliphatic rings. The molecule has 0 saturated carbocycles. The lowest BCUT2D eigenvalue weighted by atomic mass is 10.2. The zero-order valence-corrected chi connectivity index (χ0v) is 13.4. The molecule has 0 saturated heterocycles. The van der Waals surface area contributed by atoms with Crippen molar-refractivity contribution in [3.05, 3.63) is 46.4 Å². The Kier molecular flexibility index (Phi) is 4.38. The highest BCUT2D eigenvalue weighted by molar-refractivity contribution is 7.98. The Morgan fingerprint density at radius 2 is 2.25 bits per heavy atom. The molecule has 0 spiro atoms. The van der Waals surface area contributed by atoms with Crippen LogP contribution in [-0.4, -0.2) is 17.0 Å². The highest BCUT2D eigenvalue weighted by Crippen LogP contribution is 2.33. The molecule has 0 bridgehead atoms. The first kappa shape index (κ1) is 14.0. The van der Waals surface area contributed by atoms with E-state index in [-0.39, 0.29) is 0 Å². The molecule has 3 nitrogen and oxygen atoms in total. The van der Waals surface area contributed by atoms with Gasteiger partial charge in [-0.05, 0) is 18.2 Å². The normalized spacial score (nSPS) is 13.3. The number of benzene rings is 1. The van der Waals surface area contributed by atoms with Crippen LogP contribution in [0.25, 0.3) is 0 Å². The van der Waals surface area contributed by atoms with Gasteiger partial charge in [0.05, 0.1) is 11.4 Å². The predicted molar refractivity (Wildman–Crippen MR) is 87.6 cm³/mol. The number of nitrogens with one attached hydrogen (secondary N) is 1. The van der Waals surface area contributed by atoms with Gasteiger partial charge in [0.25, 0.3) is 0 Å². The Labute approximate surface area is 131 Å². The minimum absolute atomic E-state index is 0.757. The summed E-state index contributed by atoms with van der Waals surface area (Å²) in [6.45, 7) is 0. The maximum absolute atomic E-state index is 5.99. The van der Waals surface area contributed by atoms with E-state index >= 15 is 0 Å². The van der Waals surface area contributed by atoms with Crippen LogP contribution in [0, 0.1) is 0 Å². The molecule has 1 aliphatic heterocycles. The molecule has 0 aliphatic carbocycles. The van der Waals surface area contributed by atoms with Crippen molar-refractivity contribution in [2.45, 2.75) is 22.2 Å². The average molecular weight is 324 g/mol. The summed E-state index contributed by atoms with van der Waals surface area (Å²) < 4.78 is 0. The molecule has 0 radical (unpaired) electrons. The van der Waals surface area contributed by atoms with E-state index in [1.54, 1.807) is 11.8 Å². The minimum Gasteiger partial charge on any atom is -0.373 e. The van der Waals surface area contributed by atoms with Crippen molar-refractivity contribution in [2.24, 2.45) is 0 Å². The van der Waals surface area contributed by atoms with Crippen molar-refractivity contribution in [1.29, 1.82) is 0 Å². The summed E-state index contributed by atoms with van der Waals surface area (Å²) in [7, 11) is 1.92. The zero-order chi connectivity index (χ0) is 13.9. The van der Waals surface area contributed by atoms with Gasteiger partial charge >= 0.3 is 0 Å². The number of aromatic nitrogens is 2. The van der Waals surface area contributed by atoms with Crippen molar-refractivity contribution in [3.63, 3.8) is 0 Å². The van der Waals surface area contributed by atoms with Crippen LogP contribution in [0.2, 0.25) is 5.02 Å².